The van der Waals surface area contributed by atoms with Crippen molar-refractivity contribution in [1.82, 2.24) is 14.5 Å². The predicted octanol–water partition coefficient (Wildman–Crippen LogP) is 2.46. The molecule has 2 N–H and O–H groups in total. The molecule has 0 bridgehead atoms. The summed E-state index contributed by atoms with van der Waals surface area (Å²) >= 11 is 1.66. The maximum absolute atomic E-state index is 5.69. The van der Waals surface area contributed by atoms with Crippen LogP contribution >= 0.6 is 11.3 Å². The monoisotopic (exact) mass is 258 g/mol. The Morgan fingerprint density at radius 1 is 1.39 bits per heavy atom. The van der Waals surface area contributed by atoms with Crippen molar-refractivity contribution in [2.45, 2.75) is 13.5 Å². The number of nitrogens with two attached hydrogens (primary N) is 1. The summed E-state index contributed by atoms with van der Waals surface area (Å²) in [6, 6.07) is 6.24. The van der Waals surface area contributed by atoms with Crippen molar-refractivity contribution in [3.05, 3.63) is 35.1 Å². The van der Waals surface area contributed by atoms with Gasteiger partial charge in [0.2, 0.25) is 0 Å². The Bertz CT molecular complexity index is 711. The molecule has 0 aliphatic rings. The molecule has 0 atom stereocenters. The highest BCUT2D eigenvalue weighted by Crippen LogP contribution is 2.29. The van der Waals surface area contributed by atoms with Crippen molar-refractivity contribution in [2.24, 2.45) is 12.8 Å². The van der Waals surface area contributed by atoms with Crippen LogP contribution in [0.4, 0.5) is 0 Å². The second-order valence-corrected chi connectivity index (χ2v) is 5.37. The van der Waals surface area contributed by atoms with E-state index in [1.54, 1.807) is 11.3 Å². The van der Waals surface area contributed by atoms with Gasteiger partial charge in [-0.3, -0.25) is 0 Å². The summed E-state index contributed by atoms with van der Waals surface area (Å²) in [7, 11) is 2.00. The van der Waals surface area contributed by atoms with Crippen LogP contribution in [-0.2, 0) is 13.6 Å². The number of nitrogens with zero attached hydrogens (tertiary/aromatic N) is 3. The highest BCUT2D eigenvalue weighted by molar-refractivity contribution is 7.15. The molecule has 2 heterocycles. The van der Waals surface area contributed by atoms with Crippen LogP contribution in [0.15, 0.2) is 24.5 Å². The average Bonchev–Trinajstić information content (AvgIpc) is 2.93. The number of hydrogen-bond donors (Lipinski definition) is 1. The van der Waals surface area contributed by atoms with Gasteiger partial charge in [-0.05, 0) is 25.1 Å². The molecule has 3 rings (SSSR count). The zero-order chi connectivity index (χ0) is 12.7. The van der Waals surface area contributed by atoms with Crippen LogP contribution in [0.2, 0.25) is 0 Å². The van der Waals surface area contributed by atoms with Gasteiger partial charge in [0.25, 0.3) is 0 Å². The van der Waals surface area contributed by atoms with E-state index in [-0.39, 0.29) is 0 Å². The number of hydrogen-bond acceptors (Lipinski definition) is 4. The maximum Gasteiger partial charge on any atom is 0.123 e. The van der Waals surface area contributed by atoms with Crippen LogP contribution in [0, 0.1) is 6.92 Å². The highest BCUT2D eigenvalue weighted by Gasteiger charge is 2.09. The van der Waals surface area contributed by atoms with E-state index in [0.717, 1.165) is 32.2 Å². The van der Waals surface area contributed by atoms with Crippen molar-refractivity contribution in [3.63, 3.8) is 0 Å². The molecule has 5 heteroatoms. The molecule has 18 heavy (non-hydrogen) atoms. The van der Waals surface area contributed by atoms with Crippen LogP contribution in [-0.4, -0.2) is 14.5 Å². The highest BCUT2D eigenvalue weighted by atomic mass is 32.1. The van der Waals surface area contributed by atoms with E-state index in [0.29, 0.717) is 6.54 Å². The minimum Gasteiger partial charge on any atom is -0.334 e. The molecule has 0 fully saturated rings. The zero-order valence-corrected chi connectivity index (χ0v) is 11.2. The Kier molecular flexibility index (Phi) is 2.65. The number of thiazole rings is 1. The number of rotatable bonds is 2. The minimum absolute atomic E-state index is 0.551. The summed E-state index contributed by atoms with van der Waals surface area (Å²) in [6.07, 6.45) is 1.83. The molecular weight excluding hydrogens is 244 g/mol. The van der Waals surface area contributed by atoms with Gasteiger partial charge in [0.05, 0.1) is 23.1 Å². The van der Waals surface area contributed by atoms with E-state index in [2.05, 4.69) is 28.2 Å². The third-order valence-corrected chi connectivity index (χ3v) is 4.28. The summed E-state index contributed by atoms with van der Waals surface area (Å²) in [5.74, 6) is 0. The number of aromatic nitrogens is 3. The lowest BCUT2D eigenvalue weighted by molar-refractivity contribution is 0.948. The van der Waals surface area contributed by atoms with Crippen LogP contribution in [0.3, 0.4) is 0 Å². The zero-order valence-electron chi connectivity index (χ0n) is 10.3. The van der Waals surface area contributed by atoms with Crippen molar-refractivity contribution in [1.29, 1.82) is 0 Å². The summed E-state index contributed by atoms with van der Waals surface area (Å²) < 4.78 is 2.01. The first-order valence-corrected chi connectivity index (χ1v) is 6.58. The Labute approximate surface area is 109 Å². The lowest BCUT2D eigenvalue weighted by atomic mass is 10.2. The van der Waals surface area contributed by atoms with Gasteiger partial charge < -0.3 is 10.3 Å². The minimum atomic E-state index is 0.551. The topological polar surface area (TPSA) is 56.7 Å². The van der Waals surface area contributed by atoms with E-state index in [9.17, 15) is 0 Å². The van der Waals surface area contributed by atoms with Crippen LogP contribution < -0.4 is 5.73 Å². The van der Waals surface area contributed by atoms with Crippen LogP contribution in [0.1, 0.15) is 10.6 Å². The Morgan fingerprint density at radius 3 is 2.94 bits per heavy atom. The van der Waals surface area contributed by atoms with Crippen LogP contribution in [0.5, 0.6) is 0 Å². The first kappa shape index (κ1) is 11.4. The fourth-order valence-corrected chi connectivity index (χ4v) is 2.95. The van der Waals surface area contributed by atoms with Crippen molar-refractivity contribution >= 4 is 22.4 Å². The number of imidazole rings is 1. The van der Waals surface area contributed by atoms with Crippen molar-refractivity contribution in [3.8, 4) is 10.6 Å². The van der Waals surface area contributed by atoms with Gasteiger partial charge in [-0.25, -0.2) is 9.97 Å². The number of aryl methyl sites for hydroxylation is 2. The fourth-order valence-electron chi connectivity index (χ4n) is 2.01. The first-order valence-electron chi connectivity index (χ1n) is 5.77. The summed E-state index contributed by atoms with van der Waals surface area (Å²) in [6.45, 7) is 2.55. The van der Waals surface area contributed by atoms with E-state index in [4.69, 9.17) is 5.73 Å². The van der Waals surface area contributed by atoms with Crippen LogP contribution in [0.25, 0.3) is 21.6 Å². The summed E-state index contributed by atoms with van der Waals surface area (Å²) in [5.41, 5.74) is 9.95. The van der Waals surface area contributed by atoms with Gasteiger partial charge in [0, 0.05) is 24.0 Å². The van der Waals surface area contributed by atoms with Gasteiger partial charge in [-0.2, -0.15) is 0 Å². The van der Waals surface area contributed by atoms with Crippen molar-refractivity contribution in [2.75, 3.05) is 0 Å². The molecule has 0 aliphatic carbocycles. The molecule has 92 valence electrons. The fraction of sp³-hybridized carbons (Fsp3) is 0.231. The molecule has 0 saturated heterocycles. The van der Waals surface area contributed by atoms with E-state index in [1.807, 2.05) is 24.9 Å². The van der Waals surface area contributed by atoms with Crippen molar-refractivity contribution < 1.29 is 0 Å². The molecule has 0 saturated carbocycles. The standard InChI is InChI=1S/C13H14N4S/c1-8-12(6-14)18-13(16-8)9-3-4-11-10(5-9)15-7-17(11)2/h3-5,7H,6,14H2,1-2H3. The Hall–Kier alpha value is -1.72. The van der Waals surface area contributed by atoms with E-state index < -0.39 is 0 Å². The third kappa shape index (κ3) is 1.72. The Balaban J connectivity index is 2.12. The molecule has 2 aromatic heterocycles. The summed E-state index contributed by atoms with van der Waals surface area (Å²) in [5, 5.41) is 1.01. The Morgan fingerprint density at radius 2 is 2.22 bits per heavy atom. The second kappa shape index (κ2) is 4.19. The molecule has 0 radical (unpaired) electrons. The smallest absolute Gasteiger partial charge is 0.123 e. The SMILES string of the molecule is Cc1nc(-c2ccc3c(c2)ncn3C)sc1CN. The van der Waals surface area contributed by atoms with E-state index >= 15 is 0 Å². The van der Waals surface area contributed by atoms with Gasteiger partial charge in [-0.1, -0.05) is 0 Å². The lowest BCUT2D eigenvalue weighted by Gasteiger charge is -1.97. The van der Waals surface area contributed by atoms with Gasteiger partial charge in [-0.15, -0.1) is 11.3 Å². The third-order valence-electron chi connectivity index (χ3n) is 3.05. The van der Waals surface area contributed by atoms with Gasteiger partial charge >= 0.3 is 0 Å². The molecule has 3 aromatic rings. The molecule has 0 amide bonds. The molecule has 4 nitrogen and oxygen atoms in total. The van der Waals surface area contributed by atoms with E-state index in [1.165, 1.54) is 0 Å². The molecular formula is C13H14N4S. The number of benzene rings is 1. The number of fused-ring (bicyclic) bond motifs is 1. The normalized spacial score (nSPS) is 11.3. The maximum atomic E-state index is 5.69. The molecule has 1 aromatic carbocycles. The first-order chi connectivity index (χ1) is 8.69. The molecule has 0 aliphatic heterocycles. The summed E-state index contributed by atoms with van der Waals surface area (Å²) in [4.78, 5) is 10.1. The quantitative estimate of drug-likeness (QED) is 0.768. The predicted molar refractivity (Wildman–Crippen MR) is 74.5 cm³/mol. The second-order valence-electron chi connectivity index (χ2n) is 4.29. The molecule has 0 unspecified atom stereocenters. The van der Waals surface area contributed by atoms with Gasteiger partial charge in [0.15, 0.2) is 0 Å². The molecule has 0 spiro atoms. The average molecular weight is 258 g/mol. The largest absolute Gasteiger partial charge is 0.334 e. The lowest BCUT2D eigenvalue weighted by Crippen LogP contribution is -1.94. The van der Waals surface area contributed by atoms with Gasteiger partial charge in [0.1, 0.15) is 5.01 Å².